The van der Waals surface area contributed by atoms with E-state index in [0.29, 0.717) is 23.6 Å². The highest BCUT2D eigenvalue weighted by atomic mass is 19.1. The van der Waals surface area contributed by atoms with Crippen molar-refractivity contribution in [2.24, 2.45) is 0 Å². The van der Waals surface area contributed by atoms with Gasteiger partial charge in [-0.15, -0.1) is 0 Å². The maximum atomic E-state index is 13.8. The molecule has 0 spiro atoms. The number of hydrogen-bond donors (Lipinski definition) is 1. The molecule has 1 aliphatic rings. The van der Waals surface area contributed by atoms with Gasteiger partial charge in [-0.3, -0.25) is 9.59 Å². The first kappa shape index (κ1) is 21.3. The van der Waals surface area contributed by atoms with Crippen LogP contribution in [-0.4, -0.2) is 18.4 Å². The highest BCUT2D eigenvalue weighted by molar-refractivity contribution is 6.46. The van der Waals surface area contributed by atoms with Crippen LogP contribution in [0.25, 0.3) is 5.57 Å². The third-order valence-electron chi connectivity index (χ3n) is 5.07. The molecular weight excluding hydrogens is 407 g/mol. The first-order chi connectivity index (χ1) is 15.5. The first-order valence-corrected chi connectivity index (χ1v) is 10.4. The maximum Gasteiger partial charge on any atom is 0.282 e. The van der Waals surface area contributed by atoms with Crippen LogP contribution in [0.15, 0.2) is 78.5 Å². The van der Waals surface area contributed by atoms with Crippen LogP contribution in [0.2, 0.25) is 0 Å². The summed E-state index contributed by atoms with van der Waals surface area (Å²) in [5.74, 6) is -0.920. The molecule has 5 nitrogen and oxygen atoms in total. The number of carbonyl (C=O) groups excluding carboxylic acids is 2. The van der Waals surface area contributed by atoms with Crippen molar-refractivity contribution in [3.8, 4) is 5.75 Å². The van der Waals surface area contributed by atoms with E-state index < -0.39 is 17.6 Å². The quantitative estimate of drug-likeness (QED) is 0.516. The number of hydrogen-bond acceptors (Lipinski definition) is 4. The molecule has 32 heavy (non-hydrogen) atoms. The number of anilines is 2. The third-order valence-corrected chi connectivity index (χ3v) is 5.07. The van der Waals surface area contributed by atoms with E-state index in [9.17, 15) is 14.0 Å². The summed E-state index contributed by atoms with van der Waals surface area (Å²) in [5, 5.41) is 3.11. The van der Waals surface area contributed by atoms with Gasteiger partial charge in [-0.05, 0) is 49.2 Å². The van der Waals surface area contributed by atoms with Crippen LogP contribution < -0.4 is 15.0 Å². The molecule has 0 saturated heterocycles. The fourth-order valence-electron chi connectivity index (χ4n) is 3.51. The van der Waals surface area contributed by atoms with Crippen LogP contribution in [-0.2, 0) is 9.59 Å². The van der Waals surface area contributed by atoms with Crippen molar-refractivity contribution >= 4 is 28.8 Å². The SMILES string of the molecule is CCCOc1cccc(NC2=C(c3ccc(C)cc3)C(=O)N(c3cccc(F)c3)C2=O)c1. The van der Waals surface area contributed by atoms with E-state index in [1.165, 1.54) is 24.3 Å². The van der Waals surface area contributed by atoms with Crippen LogP contribution >= 0.6 is 0 Å². The molecule has 2 amide bonds. The Balaban J connectivity index is 1.76. The second kappa shape index (κ2) is 9.06. The predicted octanol–water partition coefficient (Wildman–Crippen LogP) is 5.32. The molecule has 0 aromatic heterocycles. The molecule has 0 aliphatic carbocycles. The van der Waals surface area contributed by atoms with Gasteiger partial charge in [-0.2, -0.15) is 0 Å². The standard InChI is InChI=1S/C26H23FN2O3/c1-3-14-32-22-9-5-7-20(16-22)28-24-23(18-12-10-17(2)11-13-18)25(30)29(26(24)31)21-8-4-6-19(27)15-21/h4-13,15-16,28H,3,14H2,1-2H3. The monoisotopic (exact) mass is 430 g/mol. The lowest BCUT2D eigenvalue weighted by Crippen LogP contribution is -2.32. The summed E-state index contributed by atoms with van der Waals surface area (Å²) in [5.41, 5.74) is 2.80. The number of amides is 2. The van der Waals surface area contributed by atoms with Gasteiger partial charge >= 0.3 is 0 Å². The van der Waals surface area contributed by atoms with Crippen LogP contribution in [0.3, 0.4) is 0 Å². The number of carbonyl (C=O) groups is 2. The van der Waals surface area contributed by atoms with Crippen LogP contribution in [0.5, 0.6) is 5.75 Å². The van der Waals surface area contributed by atoms with Gasteiger partial charge in [0.2, 0.25) is 0 Å². The number of rotatable bonds is 7. The maximum absolute atomic E-state index is 13.8. The second-order valence-corrected chi connectivity index (χ2v) is 7.54. The van der Waals surface area contributed by atoms with E-state index >= 15 is 0 Å². The van der Waals surface area contributed by atoms with Crippen LogP contribution in [0, 0.1) is 12.7 Å². The molecule has 4 rings (SSSR count). The molecule has 0 atom stereocenters. The lowest BCUT2D eigenvalue weighted by Gasteiger charge is -2.15. The van der Waals surface area contributed by atoms with Crippen molar-refractivity contribution in [2.45, 2.75) is 20.3 Å². The summed E-state index contributed by atoms with van der Waals surface area (Å²) < 4.78 is 19.5. The Bertz CT molecular complexity index is 1200. The molecule has 0 bridgehead atoms. The third kappa shape index (κ3) is 4.25. The highest BCUT2D eigenvalue weighted by Crippen LogP contribution is 2.34. The minimum atomic E-state index is -0.545. The minimum absolute atomic E-state index is 0.135. The number of aryl methyl sites for hydroxylation is 1. The summed E-state index contributed by atoms with van der Waals surface area (Å²) in [6.45, 7) is 4.54. The van der Waals surface area contributed by atoms with Gasteiger partial charge in [-0.25, -0.2) is 9.29 Å². The Hall–Kier alpha value is -3.93. The summed E-state index contributed by atoms with van der Waals surface area (Å²) in [7, 11) is 0. The zero-order valence-corrected chi connectivity index (χ0v) is 17.9. The average molecular weight is 430 g/mol. The van der Waals surface area contributed by atoms with E-state index in [1.54, 1.807) is 24.3 Å². The summed E-state index contributed by atoms with van der Waals surface area (Å²) in [6.07, 6.45) is 0.871. The Kier molecular flexibility index (Phi) is 6.03. The number of ether oxygens (including phenoxy) is 1. The van der Waals surface area contributed by atoms with E-state index in [4.69, 9.17) is 4.74 Å². The van der Waals surface area contributed by atoms with E-state index in [-0.39, 0.29) is 17.0 Å². The average Bonchev–Trinajstić information content (AvgIpc) is 3.02. The Labute approximate surface area is 186 Å². The van der Waals surface area contributed by atoms with Gasteiger partial charge in [0, 0.05) is 11.8 Å². The number of halogens is 1. The largest absolute Gasteiger partial charge is 0.494 e. The summed E-state index contributed by atoms with van der Waals surface area (Å²) in [6, 6.07) is 20.0. The Morgan fingerprint density at radius 2 is 1.69 bits per heavy atom. The predicted molar refractivity (Wildman–Crippen MR) is 123 cm³/mol. The Morgan fingerprint density at radius 1 is 0.938 bits per heavy atom. The van der Waals surface area contributed by atoms with Crippen LogP contribution in [0.4, 0.5) is 15.8 Å². The molecule has 1 aliphatic heterocycles. The molecule has 1 heterocycles. The van der Waals surface area contributed by atoms with E-state index in [2.05, 4.69) is 5.32 Å². The van der Waals surface area contributed by atoms with Crippen molar-refractivity contribution in [3.63, 3.8) is 0 Å². The lowest BCUT2D eigenvalue weighted by atomic mass is 10.0. The fraction of sp³-hybridized carbons (Fsp3) is 0.154. The zero-order chi connectivity index (χ0) is 22.7. The van der Waals surface area contributed by atoms with Gasteiger partial charge in [0.25, 0.3) is 11.8 Å². The normalized spacial score (nSPS) is 13.7. The smallest absolute Gasteiger partial charge is 0.282 e. The fourth-order valence-corrected chi connectivity index (χ4v) is 3.51. The number of benzene rings is 3. The molecular formula is C26H23FN2O3. The zero-order valence-electron chi connectivity index (χ0n) is 17.9. The first-order valence-electron chi connectivity index (χ1n) is 10.4. The van der Waals surface area contributed by atoms with Gasteiger partial charge < -0.3 is 10.1 Å². The summed E-state index contributed by atoms with van der Waals surface area (Å²) >= 11 is 0. The van der Waals surface area contributed by atoms with E-state index in [1.807, 2.05) is 38.1 Å². The molecule has 3 aromatic rings. The lowest BCUT2D eigenvalue weighted by molar-refractivity contribution is -0.120. The molecule has 0 radical (unpaired) electrons. The van der Waals surface area contributed by atoms with Gasteiger partial charge in [-0.1, -0.05) is 48.9 Å². The Morgan fingerprint density at radius 3 is 2.41 bits per heavy atom. The topological polar surface area (TPSA) is 58.6 Å². The van der Waals surface area contributed by atoms with Crippen molar-refractivity contribution in [1.82, 2.24) is 0 Å². The molecule has 0 unspecified atom stereocenters. The molecule has 6 heteroatoms. The summed E-state index contributed by atoms with van der Waals surface area (Å²) in [4.78, 5) is 27.8. The molecule has 0 saturated carbocycles. The van der Waals surface area contributed by atoms with Crippen molar-refractivity contribution in [3.05, 3.63) is 95.4 Å². The van der Waals surface area contributed by atoms with Crippen LogP contribution in [0.1, 0.15) is 24.5 Å². The number of nitrogens with one attached hydrogen (secondary N) is 1. The molecule has 0 fully saturated rings. The van der Waals surface area contributed by atoms with Gasteiger partial charge in [0.05, 0.1) is 17.9 Å². The minimum Gasteiger partial charge on any atom is -0.494 e. The van der Waals surface area contributed by atoms with Gasteiger partial charge in [0.15, 0.2) is 0 Å². The van der Waals surface area contributed by atoms with Crippen molar-refractivity contribution in [2.75, 3.05) is 16.8 Å². The molecule has 3 aromatic carbocycles. The van der Waals surface area contributed by atoms with Crippen molar-refractivity contribution < 1.29 is 18.7 Å². The second-order valence-electron chi connectivity index (χ2n) is 7.54. The molecule has 1 N–H and O–H groups in total. The van der Waals surface area contributed by atoms with E-state index in [0.717, 1.165) is 16.9 Å². The highest BCUT2D eigenvalue weighted by Gasteiger charge is 2.40. The van der Waals surface area contributed by atoms with Gasteiger partial charge in [0.1, 0.15) is 17.3 Å². The molecule has 162 valence electrons. The number of imide groups is 1. The number of nitrogens with zero attached hydrogens (tertiary/aromatic N) is 1. The van der Waals surface area contributed by atoms with Crippen molar-refractivity contribution in [1.29, 1.82) is 0 Å².